The van der Waals surface area contributed by atoms with Gasteiger partial charge in [0.2, 0.25) is 0 Å². The molecule has 7 aromatic carbocycles. The first-order valence-corrected chi connectivity index (χ1v) is 17.5. The molecule has 0 aliphatic carbocycles. The highest BCUT2D eigenvalue weighted by Crippen LogP contribution is 2.45. The van der Waals surface area contributed by atoms with Crippen molar-refractivity contribution >= 4 is 10.8 Å². The fourth-order valence-electron chi connectivity index (χ4n) is 6.85. The Morgan fingerprint density at radius 1 is 0.370 bits per heavy atom. The van der Waals surface area contributed by atoms with Crippen molar-refractivity contribution in [3.63, 3.8) is 0 Å². The van der Waals surface area contributed by atoms with E-state index in [2.05, 4.69) is 28.2 Å². The monoisotopic (exact) mass is 691 g/mol. The quantitative estimate of drug-likeness (QED) is 0.164. The standard InChI is InChI=1S/C47H29N7/c48-29-41-35-23-11-10-22-34(35)28-40(42(41)37-25-13-15-27-39(37)46-50-30-49-43(51-46)31-16-4-1-5-17-31)36-24-12-14-26-38(36)47-53-44(32-18-6-2-7-19-32)52-45(54-47)33-20-8-3-9-21-33/h1-28,30H. The van der Waals surface area contributed by atoms with Crippen LogP contribution in [0.2, 0.25) is 0 Å². The Labute approximate surface area is 312 Å². The van der Waals surface area contributed by atoms with E-state index >= 15 is 0 Å². The SMILES string of the molecule is N#Cc1c(-c2ccccc2-c2ncnc(-c3ccccc3)n2)c(-c2ccccc2-c2nc(-c3ccccc3)nc(-c3ccccc3)n2)cc2ccccc12. The lowest BCUT2D eigenvalue weighted by atomic mass is 9.84. The van der Waals surface area contributed by atoms with E-state index in [0.29, 0.717) is 34.7 Å². The summed E-state index contributed by atoms with van der Waals surface area (Å²) in [5, 5.41) is 12.8. The average molecular weight is 692 g/mol. The van der Waals surface area contributed by atoms with E-state index < -0.39 is 0 Å². The van der Waals surface area contributed by atoms with Gasteiger partial charge < -0.3 is 0 Å². The molecule has 9 aromatic rings. The van der Waals surface area contributed by atoms with Crippen molar-refractivity contribution < 1.29 is 0 Å². The summed E-state index contributed by atoms with van der Waals surface area (Å²) in [6, 6.07) is 58.5. The van der Waals surface area contributed by atoms with Crippen LogP contribution in [0.3, 0.4) is 0 Å². The van der Waals surface area contributed by atoms with Crippen LogP contribution in [0.25, 0.3) is 90.0 Å². The molecule has 0 atom stereocenters. The number of nitrogens with zero attached hydrogens (tertiary/aromatic N) is 7. The number of aromatic nitrogens is 6. The molecule has 0 N–H and O–H groups in total. The minimum absolute atomic E-state index is 0.508. The lowest BCUT2D eigenvalue weighted by molar-refractivity contribution is 1.07. The van der Waals surface area contributed by atoms with Crippen LogP contribution < -0.4 is 0 Å². The largest absolute Gasteiger partial charge is 0.217 e. The summed E-state index contributed by atoms with van der Waals surface area (Å²) in [4.78, 5) is 29.2. The second-order valence-electron chi connectivity index (χ2n) is 12.6. The fraction of sp³-hybridized carbons (Fsp3) is 0. The van der Waals surface area contributed by atoms with Crippen LogP contribution in [0.5, 0.6) is 0 Å². The number of fused-ring (bicyclic) bond motifs is 1. The summed E-state index contributed by atoms with van der Waals surface area (Å²) < 4.78 is 0. The van der Waals surface area contributed by atoms with Crippen molar-refractivity contribution in [2.24, 2.45) is 0 Å². The molecule has 0 spiro atoms. The number of benzene rings is 7. The first kappa shape index (κ1) is 32.2. The molecule has 0 bridgehead atoms. The molecule has 252 valence electrons. The first-order valence-electron chi connectivity index (χ1n) is 17.5. The Bertz CT molecular complexity index is 2780. The van der Waals surface area contributed by atoms with Gasteiger partial charge in [-0.15, -0.1) is 0 Å². The molecule has 7 nitrogen and oxygen atoms in total. The van der Waals surface area contributed by atoms with Gasteiger partial charge in [-0.05, 0) is 28.1 Å². The van der Waals surface area contributed by atoms with Crippen molar-refractivity contribution in [1.29, 1.82) is 5.26 Å². The Morgan fingerprint density at radius 2 is 0.815 bits per heavy atom. The Kier molecular flexibility index (Phi) is 8.44. The molecular weight excluding hydrogens is 663 g/mol. The molecule has 0 unspecified atom stereocenters. The minimum atomic E-state index is 0.508. The molecular formula is C47H29N7. The zero-order valence-corrected chi connectivity index (χ0v) is 28.9. The number of hydrogen-bond donors (Lipinski definition) is 0. The molecule has 7 heteroatoms. The molecule has 9 rings (SSSR count). The number of nitriles is 1. The highest BCUT2D eigenvalue weighted by Gasteiger charge is 2.24. The van der Waals surface area contributed by atoms with Gasteiger partial charge in [-0.2, -0.15) is 5.26 Å². The lowest BCUT2D eigenvalue weighted by Crippen LogP contribution is -2.02. The van der Waals surface area contributed by atoms with E-state index in [1.54, 1.807) is 6.33 Å². The highest BCUT2D eigenvalue weighted by atomic mass is 15.0. The average Bonchev–Trinajstić information content (AvgIpc) is 3.26. The van der Waals surface area contributed by atoms with Gasteiger partial charge in [-0.3, -0.25) is 0 Å². The van der Waals surface area contributed by atoms with Gasteiger partial charge in [-0.1, -0.05) is 164 Å². The maximum absolute atomic E-state index is 11.0. The van der Waals surface area contributed by atoms with Crippen LogP contribution in [0, 0.1) is 11.3 Å². The molecule has 2 heterocycles. The Balaban J connectivity index is 1.31. The van der Waals surface area contributed by atoms with Crippen molar-refractivity contribution in [1.82, 2.24) is 29.9 Å². The summed E-state index contributed by atoms with van der Waals surface area (Å²) in [5.74, 6) is 2.74. The van der Waals surface area contributed by atoms with Gasteiger partial charge in [0.05, 0.1) is 5.56 Å². The smallest absolute Gasteiger partial charge is 0.164 e. The topological polar surface area (TPSA) is 101 Å². The molecule has 0 fully saturated rings. The summed E-state index contributed by atoms with van der Waals surface area (Å²) in [6.07, 6.45) is 1.54. The maximum Gasteiger partial charge on any atom is 0.164 e. The third kappa shape index (κ3) is 6.04. The summed E-state index contributed by atoms with van der Waals surface area (Å²) in [6.45, 7) is 0. The third-order valence-corrected chi connectivity index (χ3v) is 9.36. The van der Waals surface area contributed by atoms with Crippen molar-refractivity contribution in [3.05, 3.63) is 182 Å². The van der Waals surface area contributed by atoms with E-state index in [4.69, 9.17) is 19.9 Å². The molecule has 0 radical (unpaired) electrons. The van der Waals surface area contributed by atoms with Crippen LogP contribution >= 0.6 is 0 Å². The Hall–Kier alpha value is -7.69. The lowest BCUT2D eigenvalue weighted by Gasteiger charge is -2.19. The van der Waals surface area contributed by atoms with Crippen molar-refractivity contribution in [2.75, 3.05) is 0 Å². The summed E-state index contributed by atoms with van der Waals surface area (Å²) >= 11 is 0. The van der Waals surface area contributed by atoms with Crippen LogP contribution in [-0.4, -0.2) is 29.9 Å². The van der Waals surface area contributed by atoms with Gasteiger partial charge >= 0.3 is 0 Å². The van der Waals surface area contributed by atoms with E-state index in [0.717, 1.165) is 60.8 Å². The fourth-order valence-corrected chi connectivity index (χ4v) is 6.85. The van der Waals surface area contributed by atoms with Crippen LogP contribution in [0.15, 0.2) is 176 Å². The van der Waals surface area contributed by atoms with Gasteiger partial charge in [0.25, 0.3) is 0 Å². The van der Waals surface area contributed by atoms with E-state index in [1.807, 2.05) is 158 Å². The molecule has 54 heavy (non-hydrogen) atoms. The molecule has 0 saturated heterocycles. The molecule has 0 aliphatic rings. The number of hydrogen-bond acceptors (Lipinski definition) is 7. The second-order valence-corrected chi connectivity index (χ2v) is 12.6. The van der Waals surface area contributed by atoms with Crippen LogP contribution in [-0.2, 0) is 0 Å². The molecule has 0 saturated carbocycles. The summed E-state index contributed by atoms with van der Waals surface area (Å²) in [7, 11) is 0. The zero-order valence-electron chi connectivity index (χ0n) is 28.9. The third-order valence-electron chi connectivity index (χ3n) is 9.36. The van der Waals surface area contributed by atoms with E-state index in [-0.39, 0.29) is 0 Å². The summed E-state index contributed by atoms with van der Waals surface area (Å²) in [5.41, 5.74) is 8.10. The Morgan fingerprint density at radius 3 is 1.43 bits per heavy atom. The van der Waals surface area contributed by atoms with Gasteiger partial charge in [0.1, 0.15) is 12.4 Å². The number of rotatable bonds is 7. The normalized spacial score (nSPS) is 10.9. The maximum atomic E-state index is 11.0. The van der Waals surface area contributed by atoms with Crippen molar-refractivity contribution in [2.45, 2.75) is 0 Å². The van der Waals surface area contributed by atoms with E-state index in [1.165, 1.54) is 0 Å². The van der Waals surface area contributed by atoms with Crippen molar-refractivity contribution in [3.8, 4) is 85.3 Å². The highest BCUT2D eigenvalue weighted by molar-refractivity contribution is 6.06. The molecule has 2 aromatic heterocycles. The second kappa shape index (κ2) is 14.1. The first-order chi connectivity index (χ1) is 26.7. The van der Waals surface area contributed by atoms with Gasteiger partial charge in [0, 0.05) is 38.8 Å². The van der Waals surface area contributed by atoms with E-state index in [9.17, 15) is 5.26 Å². The predicted octanol–water partition coefficient (Wildman–Crippen LogP) is 10.8. The van der Waals surface area contributed by atoms with Crippen LogP contribution in [0.4, 0.5) is 0 Å². The molecule has 0 aliphatic heterocycles. The van der Waals surface area contributed by atoms with Gasteiger partial charge in [-0.25, -0.2) is 29.9 Å². The molecule has 0 amide bonds. The van der Waals surface area contributed by atoms with Crippen LogP contribution in [0.1, 0.15) is 5.56 Å². The zero-order chi connectivity index (χ0) is 36.3. The van der Waals surface area contributed by atoms with Gasteiger partial charge in [0.15, 0.2) is 29.1 Å². The minimum Gasteiger partial charge on any atom is -0.217 e. The predicted molar refractivity (Wildman–Crippen MR) is 213 cm³/mol.